The predicted octanol–water partition coefficient (Wildman–Crippen LogP) is 1.22. The molecule has 0 aromatic carbocycles. The van der Waals surface area contributed by atoms with Crippen molar-refractivity contribution in [3.8, 4) is 0 Å². The van der Waals surface area contributed by atoms with E-state index in [0.29, 0.717) is 12.1 Å². The minimum atomic E-state index is 0.392. The fourth-order valence-electron chi connectivity index (χ4n) is 1.94. The van der Waals surface area contributed by atoms with E-state index < -0.39 is 0 Å². The van der Waals surface area contributed by atoms with Gasteiger partial charge in [0.25, 0.3) is 0 Å². The van der Waals surface area contributed by atoms with Crippen LogP contribution in [-0.4, -0.2) is 43.3 Å². The standard InChI is InChI=1S/C11H24N2O/c1-3-4-10(2)14-8-7-13-6-5-11(12)9-13/h10-11H,3-9,12H2,1-2H3. The molecule has 3 nitrogen and oxygen atoms in total. The molecule has 1 rings (SSSR count). The van der Waals surface area contributed by atoms with E-state index in [1.165, 1.54) is 12.8 Å². The zero-order chi connectivity index (χ0) is 10.4. The highest BCUT2D eigenvalue weighted by Crippen LogP contribution is 2.07. The van der Waals surface area contributed by atoms with Crippen LogP contribution in [0.4, 0.5) is 0 Å². The number of nitrogens with two attached hydrogens (primary N) is 1. The Hall–Kier alpha value is -0.120. The lowest BCUT2D eigenvalue weighted by atomic mass is 10.2. The zero-order valence-corrected chi connectivity index (χ0v) is 9.54. The molecular formula is C11H24N2O. The van der Waals surface area contributed by atoms with Gasteiger partial charge < -0.3 is 10.5 Å². The Morgan fingerprint density at radius 2 is 2.36 bits per heavy atom. The largest absolute Gasteiger partial charge is 0.377 e. The van der Waals surface area contributed by atoms with Crippen LogP contribution in [-0.2, 0) is 4.74 Å². The van der Waals surface area contributed by atoms with Crippen molar-refractivity contribution < 1.29 is 4.74 Å². The van der Waals surface area contributed by atoms with Crippen molar-refractivity contribution in [2.75, 3.05) is 26.2 Å². The van der Waals surface area contributed by atoms with Gasteiger partial charge in [0.1, 0.15) is 0 Å². The molecule has 1 aliphatic rings. The maximum absolute atomic E-state index is 5.82. The van der Waals surface area contributed by atoms with Crippen LogP contribution in [0.2, 0.25) is 0 Å². The summed E-state index contributed by atoms with van der Waals surface area (Å²) in [6.45, 7) is 8.44. The van der Waals surface area contributed by atoms with Gasteiger partial charge in [0.05, 0.1) is 12.7 Å². The van der Waals surface area contributed by atoms with E-state index in [9.17, 15) is 0 Å². The Labute approximate surface area is 87.6 Å². The van der Waals surface area contributed by atoms with E-state index in [-0.39, 0.29) is 0 Å². The molecule has 2 N–H and O–H groups in total. The van der Waals surface area contributed by atoms with Gasteiger partial charge in [-0.1, -0.05) is 13.3 Å². The second-order valence-corrected chi connectivity index (χ2v) is 4.32. The number of hydrogen-bond acceptors (Lipinski definition) is 3. The fourth-order valence-corrected chi connectivity index (χ4v) is 1.94. The van der Waals surface area contributed by atoms with Crippen molar-refractivity contribution >= 4 is 0 Å². The molecule has 1 fully saturated rings. The molecule has 0 aromatic rings. The Kier molecular flexibility index (Phi) is 5.45. The molecular weight excluding hydrogens is 176 g/mol. The molecule has 2 unspecified atom stereocenters. The molecule has 3 heteroatoms. The SMILES string of the molecule is CCCC(C)OCCN1CCC(N)C1. The second kappa shape index (κ2) is 6.38. The summed E-state index contributed by atoms with van der Waals surface area (Å²) in [6.07, 6.45) is 3.93. The molecule has 0 aliphatic carbocycles. The van der Waals surface area contributed by atoms with Gasteiger partial charge in [-0.3, -0.25) is 4.90 Å². The molecule has 0 amide bonds. The van der Waals surface area contributed by atoms with Crippen LogP contribution in [0.25, 0.3) is 0 Å². The first kappa shape index (κ1) is 12.0. The van der Waals surface area contributed by atoms with E-state index in [4.69, 9.17) is 10.5 Å². The van der Waals surface area contributed by atoms with Gasteiger partial charge in [0.15, 0.2) is 0 Å². The van der Waals surface area contributed by atoms with Gasteiger partial charge in [-0.2, -0.15) is 0 Å². The molecule has 84 valence electrons. The van der Waals surface area contributed by atoms with E-state index in [2.05, 4.69) is 18.7 Å². The predicted molar refractivity (Wildman–Crippen MR) is 59.4 cm³/mol. The summed E-state index contributed by atoms with van der Waals surface area (Å²) >= 11 is 0. The molecule has 1 heterocycles. The average molecular weight is 200 g/mol. The van der Waals surface area contributed by atoms with Gasteiger partial charge >= 0.3 is 0 Å². The summed E-state index contributed by atoms with van der Waals surface area (Å²) in [5.41, 5.74) is 5.82. The summed E-state index contributed by atoms with van der Waals surface area (Å²) in [6, 6.07) is 0.392. The maximum Gasteiger partial charge on any atom is 0.0597 e. The van der Waals surface area contributed by atoms with Crippen LogP contribution in [0, 0.1) is 0 Å². The number of nitrogens with zero attached hydrogens (tertiary/aromatic N) is 1. The summed E-state index contributed by atoms with van der Waals surface area (Å²) in [4.78, 5) is 2.39. The van der Waals surface area contributed by atoms with E-state index in [1.54, 1.807) is 0 Å². The molecule has 0 aromatic heterocycles. The molecule has 0 spiro atoms. The van der Waals surface area contributed by atoms with Crippen LogP contribution in [0.1, 0.15) is 33.1 Å². The second-order valence-electron chi connectivity index (χ2n) is 4.32. The topological polar surface area (TPSA) is 38.5 Å². The minimum Gasteiger partial charge on any atom is -0.377 e. The van der Waals surface area contributed by atoms with Crippen molar-refractivity contribution in [1.82, 2.24) is 4.90 Å². The van der Waals surface area contributed by atoms with Gasteiger partial charge in [0.2, 0.25) is 0 Å². The van der Waals surface area contributed by atoms with Crippen molar-refractivity contribution in [3.63, 3.8) is 0 Å². The van der Waals surface area contributed by atoms with Crippen LogP contribution >= 0.6 is 0 Å². The van der Waals surface area contributed by atoms with Crippen LogP contribution < -0.4 is 5.73 Å². The summed E-state index contributed by atoms with van der Waals surface area (Å²) in [7, 11) is 0. The van der Waals surface area contributed by atoms with Gasteiger partial charge in [0, 0.05) is 19.1 Å². The number of ether oxygens (including phenoxy) is 1. The lowest BCUT2D eigenvalue weighted by Gasteiger charge is -2.17. The first-order chi connectivity index (χ1) is 6.72. The highest BCUT2D eigenvalue weighted by atomic mass is 16.5. The van der Waals surface area contributed by atoms with Crippen LogP contribution in [0.3, 0.4) is 0 Å². The Balaban J connectivity index is 1.98. The molecule has 1 aliphatic heterocycles. The van der Waals surface area contributed by atoms with Crippen LogP contribution in [0.15, 0.2) is 0 Å². The Morgan fingerprint density at radius 1 is 1.57 bits per heavy atom. The lowest BCUT2D eigenvalue weighted by molar-refractivity contribution is 0.0467. The van der Waals surface area contributed by atoms with Gasteiger partial charge in [-0.15, -0.1) is 0 Å². The van der Waals surface area contributed by atoms with E-state index >= 15 is 0 Å². The molecule has 0 radical (unpaired) electrons. The van der Waals surface area contributed by atoms with Crippen molar-refractivity contribution in [2.45, 2.75) is 45.3 Å². The van der Waals surface area contributed by atoms with Crippen molar-refractivity contribution in [3.05, 3.63) is 0 Å². The van der Waals surface area contributed by atoms with Crippen LogP contribution in [0.5, 0.6) is 0 Å². The third-order valence-electron chi connectivity index (χ3n) is 2.81. The number of rotatable bonds is 6. The normalized spacial score (nSPS) is 25.5. The van der Waals surface area contributed by atoms with E-state index in [0.717, 1.165) is 32.7 Å². The first-order valence-electron chi connectivity index (χ1n) is 5.82. The van der Waals surface area contributed by atoms with Gasteiger partial charge in [-0.25, -0.2) is 0 Å². The molecule has 0 bridgehead atoms. The smallest absolute Gasteiger partial charge is 0.0597 e. The van der Waals surface area contributed by atoms with Gasteiger partial charge in [-0.05, 0) is 26.3 Å². The lowest BCUT2D eigenvalue weighted by Crippen LogP contribution is -2.30. The molecule has 14 heavy (non-hydrogen) atoms. The molecule has 2 atom stereocenters. The average Bonchev–Trinajstić information content (AvgIpc) is 2.52. The number of hydrogen-bond donors (Lipinski definition) is 1. The third kappa shape index (κ3) is 4.40. The maximum atomic E-state index is 5.82. The highest BCUT2D eigenvalue weighted by Gasteiger charge is 2.18. The number of likely N-dealkylation sites (tertiary alicyclic amines) is 1. The zero-order valence-electron chi connectivity index (χ0n) is 9.54. The highest BCUT2D eigenvalue weighted by molar-refractivity contribution is 4.77. The molecule has 1 saturated heterocycles. The minimum absolute atomic E-state index is 0.392. The monoisotopic (exact) mass is 200 g/mol. The third-order valence-corrected chi connectivity index (χ3v) is 2.81. The Bertz CT molecular complexity index is 152. The van der Waals surface area contributed by atoms with Crippen molar-refractivity contribution in [2.24, 2.45) is 5.73 Å². The van der Waals surface area contributed by atoms with Crippen molar-refractivity contribution in [1.29, 1.82) is 0 Å². The fraction of sp³-hybridized carbons (Fsp3) is 1.00. The Morgan fingerprint density at radius 3 is 2.93 bits per heavy atom. The quantitative estimate of drug-likeness (QED) is 0.701. The summed E-state index contributed by atoms with van der Waals surface area (Å²) in [5.74, 6) is 0. The summed E-state index contributed by atoms with van der Waals surface area (Å²) < 4.78 is 5.70. The molecule has 0 saturated carbocycles. The summed E-state index contributed by atoms with van der Waals surface area (Å²) in [5, 5.41) is 0. The first-order valence-corrected chi connectivity index (χ1v) is 5.82. The van der Waals surface area contributed by atoms with E-state index in [1.807, 2.05) is 0 Å².